The molecule has 35 heavy (non-hydrogen) atoms. The van der Waals surface area contributed by atoms with Gasteiger partial charge in [-0.1, -0.05) is 23.7 Å². The molecule has 6 nitrogen and oxygen atoms in total. The van der Waals surface area contributed by atoms with E-state index in [-0.39, 0.29) is 6.10 Å². The summed E-state index contributed by atoms with van der Waals surface area (Å²) in [6.45, 7) is 3.55. The minimum absolute atomic E-state index is 0.272. The van der Waals surface area contributed by atoms with Gasteiger partial charge in [0.2, 0.25) is 0 Å². The molecule has 0 unspecified atom stereocenters. The first-order valence-electron chi connectivity index (χ1n) is 10.9. The Labute approximate surface area is 204 Å². The summed E-state index contributed by atoms with van der Waals surface area (Å²) in [5, 5.41) is 1.21. The van der Waals surface area contributed by atoms with Crippen molar-refractivity contribution in [1.82, 2.24) is 19.5 Å². The lowest BCUT2D eigenvalue weighted by molar-refractivity contribution is -0.141. The molecule has 0 aliphatic heterocycles. The molecule has 4 heterocycles. The lowest BCUT2D eigenvalue weighted by atomic mass is 10.1. The van der Waals surface area contributed by atoms with Crippen LogP contribution in [0.4, 0.5) is 18.0 Å². The average Bonchev–Trinajstić information content (AvgIpc) is 3.15. The molecular formula is C25H22ClF3N4O2. The minimum atomic E-state index is -4.45. The van der Waals surface area contributed by atoms with Crippen LogP contribution in [0.5, 0.6) is 0 Å². The first kappa shape index (κ1) is 24.7. The van der Waals surface area contributed by atoms with E-state index in [0.29, 0.717) is 35.5 Å². The highest BCUT2D eigenvalue weighted by Crippen LogP contribution is 2.28. The topological polar surface area (TPSA) is 69.9 Å². The molecule has 0 saturated heterocycles. The molecule has 0 saturated carbocycles. The molecule has 10 heteroatoms. The zero-order valence-electron chi connectivity index (χ0n) is 19.0. The van der Waals surface area contributed by atoms with Crippen LogP contribution < -0.4 is 0 Å². The van der Waals surface area contributed by atoms with Crippen molar-refractivity contribution >= 4 is 28.7 Å². The Kier molecular flexibility index (Phi) is 7.07. The number of carbonyl (C=O) groups excluding carboxylic acids is 1. The van der Waals surface area contributed by atoms with Gasteiger partial charge in [0.05, 0.1) is 11.1 Å². The van der Waals surface area contributed by atoms with Crippen molar-refractivity contribution in [2.75, 3.05) is 0 Å². The lowest BCUT2D eigenvalue weighted by Crippen LogP contribution is -2.17. The second-order valence-electron chi connectivity index (χ2n) is 8.37. The number of carbonyl (C=O) groups is 1. The third kappa shape index (κ3) is 5.97. The summed E-state index contributed by atoms with van der Waals surface area (Å²) in [5.74, 6) is 0. The van der Waals surface area contributed by atoms with E-state index in [9.17, 15) is 18.0 Å². The van der Waals surface area contributed by atoms with Crippen LogP contribution in [0.25, 0.3) is 11.0 Å². The number of aryl methyl sites for hydroxylation is 2. The van der Waals surface area contributed by atoms with E-state index < -0.39 is 18.0 Å². The standard InChI is InChI=1S/C25H22ClF3N4O2/c1-15(2)35-24(34)33-14-18(21-10-19(26)13-32-23(21)33)9-17-4-7-20(30-12-17)6-3-16-5-8-22(31-11-16)25(27,28)29/h4-5,7-8,10-15H,3,6,9H2,1-2H3. The van der Waals surface area contributed by atoms with Gasteiger partial charge in [0.25, 0.3) is 0 Å². The summed E-state index contributed by atoms with van der Waals surface area (Å²) in [7, 11) is 0. The predicted molar refractivity (Wildman–Crippen MR) is 125 cm³/mol. The number of nitrogens with zero attached hydrogens (tertiary/aromatic N) is 4. The van der Waals surface area contributed by atoms with Crippen molar-refractivity contribution in [3.8, 4) is 0 Å². The molecule has 0 radical (unpaired) electrons. The van der Waals surface area contributed by atoms with Crippen LogP contribution in [-0.4, -0.2) is 31.7 Å². The lowest BCUT2D eigenvalue weighted by Gasteiger charge is -2.08. The quantitative estimate of drug-likeness (QED) is 0.311. The Morgan fingerprint density at radius 1 is 1.03 bits per heavy atom. The normalized spacial score (nSPS) is 11.9. The molecule has 0 aliphatic carbocycles. The van der Waals surface area contributed by atoms with E-state index in [1.165, 1.54) is 23.0 Å². The number of halogens is 4. The zero-order valence-corrected chi connectivity index (χ0v) is 19.8. The van der Waals surface area contributed by atoms with Crippen molar-refractivity contribution in [3.63, 3.8) is 0 Å². The smallest absolute Gasteiger partial charge is 0.433 e. The summed E-state index contributed by atoms with van der Waals surface area (Å²) in [5.41, 5.74) is 2.83. The molecule has 4 rings (SSSR count). The van der Waals surface area contributed by atoms with E-state index in [0.717, 1.165) is 28.3 Å². The molecule has 0 aromatic carbocycles. The Bertz CT molecular complexity index is 1330. The second kappa shape index (κ2) is 10.0. The van der Waals surface area contributed by atoms with Crippen LogP contribution in [0.2, 0.25) is 5.02 Å². The SMILES string of the molecule is CC(C)OC(=O)n1cc(Cc2ccc(CCc3ccc(C(F)(F)F)nc3)nc2)c2cc(Cl)cnc21. The maximum absolute atomic E-state index is 12.7. The maximum Gasteiger partial charge on any atom is 0.433 e. The summed E-state index contributed by atoms with van der Waals surface area (Å²) in [6, 6.07) is 7.99. The summed E-state index contributed by atoms with van der Waals surface area (Å²) in [4.78, 5) is 24.8. The van der Waals surface area contributed by atoms with Gasteiger partial charge in [-0.15, -0.1) is 0 Å². The number of alkyl halides is 3. The fourth-order valence-electron chi connectivity index (χ4n) is 3.63. The van der Waals surface area contributed by atoms with Gasteiger partial charge >= 0.3 is 12.3 Å². The third-order valence-corrected chi connectivity index (χ3v) is 5.50. The number of hydrogen-bond donors (Lipinski definition) is 0. The Hall–Kier alpha value is -3.46. The van der Waals surface area contributed by atoms with Gasteiger partial charge in [0.15, 0.2) is 0 Å². The molecule has 0 bridgehead atoms. The Balaban J connectivity index is 1.47. The number of aromatic nitrogens is 4. The summed E-state index contributed by atoms with van der Waals surface area (Å²) in [6.07, 6.45) is 2.52. The van der Waals surface area contributed by atoms with Gasteiger partial charge in [-0.05, 0) is 61.6 Å². The maximum atomic E-state index is 12.7. The Morgan fingerprint density at radius 3 is 2.40 bits per heavy atom. The van der Waals surface area contributed by atoms with Crippen LogP contribution in [0.1, 0.15) is 41.9 Å². The Morgan fingerprint density at radius 2 is 1.77 bits per heavy atom. The zero-order chi connectivity index (χ0) is 25.2. The van der Waals surface area contributed by atoms with Crippen molar-refractivity contribution < 1.29 is 22.7 Å². The number of fused-ring (bicyclic) bond motifs is 1. The largest absolute Gasteiger partial charge is 0.446 e. The first-order valence-corrected chi connectivity index (χ1v) is 11.3. The average molecular weight is 503 g/mol. The predicted octanol–water partition coefficient (Wildman–Crippen LogP) is 6.27. The highest BCUT2D eigenvalue weighted by molar-refractivity contribution is 6.31. The molecular weight excluding hydrogens is 481 g/mol. The van der Waals surface area contributed by atoms with E-state index in [1.807, 2.05) is 12.1 Å². The van der Waals surface area contributed by atoms with Gasteiger partial charge in [0, 0.05) is 42.3 Å². The highest BCUT2D eigenvalue weighted by Gasteiger charge is 2.32. The van der Waals surface area contributed by atoms with E-state index in [2.05, 4.69) is 15.0 Å². The van der Waals surface area contributed by atoms with Crippen molar-refractivity contribution in [1.29, 1.82) is 0 Å². The van der Waals surface area contributed by atoms with E-state index >= 15 is 0 Å². The van der Waals surface area contributed by atoms with Crippen molar-refractivity contribution in [3.05, 3.63) is 88.2 Å². The van der Waals surface area contributed by atoms with Crippen LogP contribution in [0.3, 0.4) is 0 Å². The molecule has 4 aromatic heterocycles. The highest BCUT2D eigenvalue weighted by atomic mass is 35.5. The minimum Gasteiger partial charge on any atom is -0.446 e. The number of hydrogen-bond acceptors (Lipinski definition) is 5. The fraction of sp³-hybridized carbons (Fsp3) is 0.280. The van der Waals surface area contributed by atoms with Gasteiger partial charge in [0.1, 0.15) is 11.3 Å². The van der Waals surface area contributed by atoms with Crippen LogP contribution >= 0.6 is 11.6 Å². The van der Waals surface area contributed by atoms with Gasteiger partial charge < -0.3 is 4.74 Å². The molecule has 0 aliphatic rings. The van der Waals surface area contributed by atoms with Crippen LogP contribution in [0, 0.1) is 0 Å². The fourth-order valence-corrected chi connectivity index (χ4v) is 3.78. The molecule has 0 atom stereocenters. The molecule has 0 amide bonds. The van der Waals surface area contributed by atoms with Crippen LogP contribution in [-0.2, 0) is 30.2 Å². The first-order chi connectivity index (χ1) is 16.6. The number of pyridine rings is 3. The van der Waals surface area contributed by atoms with E-state index in [1.54, 1.807) is 32.3 Å². The third-order valence-electron chi connectivity index (χ3n) is 5.29. The van der Waals surface area contributed by atoms with Gasteiger partial charge in [-0.3, -0.25) is 9.97 Å². The molecule has 4 aromatic rings. The monoisotopic (exact) mass is 502 g/mol. The van der Waals surface area contributed by atoms with Gasteiger partial charge in [-0.2, -0.15) is 13.2 Å². The van der Waals surface area contributed by atoms with Crippen LogP contribution in [0.15, 0.2) is 55.1 Å². The number of ether oxygens (including phenoxy) is 1. The molecule has 0 fully saturated rings. The summed E-state index contributed by atoms with van der Waals surface area (Å²) >= 11 is 6.14. The van der Waals surface area contributed by atoms with Crippen molar-refractivity contribution in [2.24, 2.45) is 0 Å². The van der Waals surface area contributed by atoms with Crippen molar-refractivity contribution in [2.45, 2.75) is 45.4 Å². The van der Waals surface area contributed by atoms with Gasteiger partial charge in [-0.25, -0.2) is 14.3 Å². The molecule has 0 N–H and O–H groups in total. The molecule has 182 valence electrons. The summed E-state index contributed by atoms with van der Waals surface area (Å²) < 4.78 is 44.7. The molecule has 0 spiro atoms. The second-order valence-corrected chi connectivity index (χ2v) is 8.80. The van der Waals surface area contributed by atoms with E-state index in [4.69, 9.17) is 16.3 Å². The number of rotatable bonds is 6.